The fraction of sp³-hybridized carbons (Fsp3) is 0.353. The molecule has 0 unspecified atom stereocenters. The molecule has 2 rings (SSSR count). The summed E-state index contributed by atoms with van der Waals surface area (Å²) in [7, 11) is 1.89. The van der Waals surface area contributed by atoms with Crippen molar-refractivity contribution >= 4 is 11.5 Å². The highest BCUT2D eigenvalue weighted by atomic mass is 19.1. The summed E-state index contributed by atoms with van der Waals surface area (Å²) < 4.78 is 13.3. The van der Waals surface area contributed by atoms with Gasteiger partial charge in [-0.05, 0) is 51.1 Å². The number of halogens is 1. The minimum atomic E-state index is -0.245. The van der Waals surface area contributed by atoms with Crippen LogP contribution in [0.1, 0.15) is 26.5 Å². The number of pyridine rings is 1. The highest BCUT2D eigenvalue weighted by molar-refractivity contribution is 5.58. The summed E-state index contributed by atoms with van der Waals surface area (Å²) in [6, 6.07) is 12.4. The van der Waals surface area contributed by atoms with Crippen molar-refractivity contribution in [2.75, 3.05) is 11.9 Å². The zero-order chi connectivity index (χ0) is 15.5. The van der Waals surface area contributed by atoms with Gasteiger partial charge in [0.2, 0.25) is 0 Å². The molecule has 1 heterocycles. The Labute approximate surface area is 125 Å². The van der Waals surface area contributed by atoms with Crippen molar-refractivity contribution in [1.82, 2.24) is 10.3 Å². The van der Waals surface area contributed by atoms with Gasteiger partial charge in [-0.2, -0.15) is 0 Å². The molecule has 0 spiro atoms. The molecule has 0 bridgehead atoms. The molecule has 21 heavy (non-hydrogen) atoms. The summed E-state index contributed by atoms with van der Waals surface area (Å²) in [5.41, 5.74) is 1.79. The molecule has 4 heteroatoms. The van der Waals surface area contributed by atoms with Gasteiger partial charge in [-0.15, -0.1) is 0 Å². The van der Waals surface area contributed by atoms with Crippen LogP contribution in [0.3, 0.4) is 0 Å². The van der Waals surface area contributed by atoms with Gasteiger partial charge in [0.15, 0.2) is 0 Å². The largest absolute Gasteiger partial charge is 0.329 e. The maximum absolute atomic E-state index is 13.3. The van der Waals surface area contributed by atoms with Crippen molar-refractivity contribution in [2.45, 2.75) is 32.9 Å². The Morgan fingerprint density at radius 3 is 2.52 bits per heavy atom. The van der Waals surface area contributed by atoms with Gasteiger partial charge in [-0.1, -0.05) is 12.1 Å². The maximum atomic E-state index is 13.3. The third-order valence-electron chi connectivity index (χ3n) is 3.13. The molecule has 0 saturated heterocycles. The van der Waals surface area contributed by atoms with Crippen LogP contribution in [0, 0.1) is 5.82 Å². The summed E-state index contributed by atoms with van der Waals surface area (Å²) in [6.07, 6.45) is 0. The molecule has 0 radical (unpaired) electrons. The number of nitrogens with zero attached hydrogens (tertiary/aromatic N) is 2. The van der Waals surface area contributed by atoms with Crippen LogP contribution in [-0.2, 0) is 6.54 Å². The molecule has 0 aliphatic rings. The summed E-state index contributed by atoms with van der Waals surface area (Å²) in [5, 5.41) is 3.41. The first-order valence-electron chi connectivity index (χ1n) is 7.05. The van der Waals surface area contributed by atoms with E-state index in [2.05, 4.69) is 31.1 Å². The molecule has 1 aromatic heterocycles. The average molecular weight is 287 g/mol. The number of aromatic nitrogens is 1. The van der Waals surface area contributed by atoms with Crippen LogP contribution in [-0.4, -0.2) is 17.6 Å². The lowest BCUT2D eigenvalue weighted by Crippen LogP contribution is -2.35. The monoisotopic (exact) mass is 287 g/mol. The fourth-order valence-electron chi connectivity index (χ4n) is 1.92. The minimum Gasteiger partial charge on any atom is -0.329 e. The molecule has 112 valence electrons. The van der Waals surface area contributed by atoms with E-state index in [1.54, 1.807) is 6.07 Å². The van der Waals surface area contributed by atoms with E-state index in [1.807, 2.05) is 36.2 Å². The predicted octanol–water partition coefficient (Wildman–Crippen LogP) is 3.88. The second-order valence-electron chi connectivity index (χ2n) is 6.13. The number of hydrogen-bond acceptors (Lipinski definition) is 3. The number of benzene rings is 1. The molecular formula is C17H22FN3. The smallest absolute Gasteiger partial charge is 0.133 e. The Bertz CT molecular complexity index is 605. The van der Waals surface area contributed by atoms with E-state index in [4.69, 9.17) is 0 Å². The fourth-order valence-corrected chi connectivity index (χ4v) is 1.92. The zero-order valence-electron chi connectivity index (χ0n) is 13.0. The van der Waals surface area contributed by atoms with Gasteiger partial charge >= 0.3 is 0 Å². The van der Waals surface area contributed by atoms with Crippen molar-refractivity contribution in [3.63, 3.8) is 0 Å². The Hall–Kier alpha value is -1.94. The second-order valence-corrected chi connectivity index (χ2v) is 6.13. The van der Waals surface area contributed by atoms with Crippen LogP contribution in [0.25, 0.3) is 0 Å². The van der Waals surface area contributed by atoms with E-state index in [0.717, 1.165) is 17.2 Å². The number of hydrogen-bond donors (Lipinski definition) is 1. The minimum absolute atomic E-state index is 0.0478. The van der Waals surface area contributed by atoms with Gasteiger partial charge in [0, 0.05) is 24.8 Å². The molecule has 0 amide bonds. The highest BCUT2D eigenvalue weighted by Gasteiger charge is 2.10. The maximum Gasteiger partial charge on any atom is 0.133 e. The third-order valence-corrected chi connectivity index (χ3v) is 3.13. The first-order valence-corrected chi connectivity index (χ1v) is 7.05. The van der Waals surface area contributed by atoms with Crippen molar-refractivity contribution in [1.29, 1.82) is 0 Å². The van der Waals surface area contributed by atoms with Crippen molar-refractivity contribution in [3.05, 3.63) is 54.0 Å². The molecule has 3 nitrogen and oxygen atoms in total. The Morgan fingerprint density at radius 1 is 1.14 bits per heavy atom. The van der Waals surface area contributed by atoms with E-state index in [9.17, 15) is 4.39 Å². The summed E-state index contributed by atoms with van der Waals surface area (Å²) in [4.78, 5) is 6.50. The number of nitrogens with one attached hydrogen (secondary N) is 1. The predicted molar refractivity (Wildman–Crippen MR) is 85.3 cm³/mol. The number of rotatable bonds is 4. The lowest BCUT2D eigenvalue weighted by molar-refractivity contribution is 0.421. The first kappa shape index (κ1) is 15.4. The Kier molecular flexibility index (Phi) is 4.58. The molecule has 0 aliphatic heterocycles. The average Bonchev–Trinajstić information content (AvgIpc) is 2.44. The molecular weight excluding hydrogens is 265 g/mol. The van der Waals surface area contributed by atoms with Crippen LogP contribution in [0.2, 0.25) is 0 Å². The van der Waals surface area contributed by atoms with E-state index >= 15 is 0 Å². The normalized spacial score (nSPS) is 11.5. The van der Waals surface area contributed by atoms with Crippen LogP contribution in [0.4, 0.5) is 15.9 Å². The SMILES string of the molecule is CN(c1cccc(F)c1)c1cccc(CNC(C)(C)C)n1. The number of anilines is 2. The standard InChI is InChI=1S/C17H22FN3/c1-17(2,3)19-12-14-8-6-10-16(20-14)21(4)15-9-5-7-13(18)11-15/h5-11,19H,12H2,1-4H3. The third kappa shape index (κ3) is 4.53. The Morgan fingerprint density at radius 2 is 1.86 bits per heavy atom. The molecule has 0 fully saturated rings. The summed E-state index contributed by atoms with van der Waals surface area (Å²) in [5.74, 6) is 0.554. The summed E-state index contributed by atoms with van der Waals surface area (Å²) in [6.45, 7) is 7.06. The van der Waals surface area contributed by atoms with Gasteiger partial charge in [0.05, 0.1) is 5.69 Å². The highest BCUT2D eigenvalue weighted by Crippen LogP contribution is 2.22. The first-order chi connectivity index (χ1) is 9.85. The quantitative estimate of drug-likeness (QED) is 0.925. The van der Waals surface area contributed by atoms with Crippen molar-refractivity contribution < 1.29 is 4.39 Å². The van der Waals surface area contributed by atoms with E-state index in [-0.39, 0.29) is 11.4 Å². The van der Waals surface area contributed by atoms with Gasteiger partial charge in [0.25, 0.3) is 0 Å². The lowest BCUT2D eigenvalue weighted by Gasteiger charge is -2.22. The lowest BCUT2D eigenvalue weighted by atomic mass is 10.1. The van der Waals surface area contributed by atoms with Crippen molar-refractivity contribution in [3.8, 4) is 0 Å². The molecule has 1 aromatic carbocycles. The van der Waals surface area contributed by atoms with Crippen molar-refractivity contribution in [2.24, 2.45) is 0 Å². The van der Waals surface area contributed by atoms with Crippen LogP contribution < -0.4 is 10.2 Å². The molecule has 0 atom stereocenters. The van der Waals surface area contributed by atoms with Crippen LogP contribution >= 0.6 is 0 Å². The zero-order valence-corrected chi connectivity index (χ0v) is 13.0. The van der Waals surface area contributed by atoms with Crippen LogP contribution in [0.5, 0.6) is 0 Å². The summed E-state index contributed by atoms with van der Waals surface area (Å²) >= 11 is 0. The van der Waals surface area contributed by atoms with E-state index in [1.165, 1.54) is 12.1 Å². The molecule has 0 aliphatic carbocycles. The van der Waals surface area contributed by atoms with Gasteiger partial charge < -0.3 is 10.2 Å². The molecule has 2 aromatic rings. The molecule has 0 saturated carbocycles. The van der Waals surface area contributed by atoms with Gasteiger partial charge in [-0.3, -0.25) is 0 Å². The van der Waals surface area contributed by atoms with Gasteiger partial charge in [0.1, 0.15) is 11.6 Å². The Balaban J connectivity index is 2.17. The van der Waals surface area contributed by atoms with E-state index in [0.29, 0.717) is 6.54 Å². The molecule has 1 N–H and O–H groups in total. The van der Waals surface area contributed by atoms with Gasteiger partial charge in [-0.25, -0.2) is 9.37 Å². The topological polar surface area (TPSA) is 28.2 Å². The van der Waals surface area contributed by atoms with E-state index < -0.39 is 0 Å². The second kappa shape index (κ2) is 6.22. The van der Waals surface area contributed by atoms with Crippen LogP contribution in [0.15, 0.2) is 42.5 Å².